The van der Waals surface area contributed by atoms with Crippen LogP contribution in [0.3, 0.4) is 0 Å². The Balaban J connectivity index is 2.29. The molecule has 1 aromatic heterocycles. The molecule has 0 fully saturated rings. The number of aromatic nitrogens is 2. The van der Waals surface area contributed by atoms with Crippen LogP contribution in [0.1, 0.15) is 12.8 Å². The Kier molecular flexibility index (Phi) is 3.16. The molecule has 16 heavy (non-hydrogen) atoms. The third-order valence-corrected chi connectivity index (χ3v) is 2.25. The first-order valence-electron chi connectivity index (χ1n) is 5.20. The molecule has 2 N–H and O–H groups in total. The summed E-state index contributed by atoms with van der Waals surface area (Å²) in [5.74, 6) is 0.449. The first kappa shape index (κ1) is 10.6. The molecule has 0 bridgehead atoms. The minimum atomic E-state index is 0.263. The number of rotatable bonds is 4. The average Bonchev–Trinajstić information content (AvgIpc) is 2.80. The van der Waals surface area contributed by atoms with E-state index in [0.717, 1.165) is 12.2 Å². The summed E-state index contributed by atoms with van der Waals surface area (Å²) in [5, 5.41) is 7.81. The van der Waals surface area contributed by atoms with E-state index >= 15 is 0 Å². The molecule has 84 valence electrons. The highest BCUT2D eigenvalue weighted by atomic mass is 16.4. The van der Waals surface area contributed by atoms with Gasteiger partial charge in [-0.15, -0.1) is 5.10 Å². The van der Waals surface area contributed by atoms with Crippen LogP contribution in [0.5, 0.6) is 0 Å². The van der Waals surface area contributed by atoms with Crippen molar-refractivity contribution < 1.29 is 4.42 Å². The first-order valence-corrected chi connectivity index (χ1v) is 5.20. The highest BCUT2D eigenvalue weighted by Gasteiger charge is 2.13. The Labute approximate surface area is 93.9 Å². The van der Waals surface area contributed by atoms with Gasteiger partial charge >= 0.3 is 6.01 Å². The highest BCUT2D eigenvalue weighted by molar-refractivity contribution is 5.55. The molecule has 0 saturated carbocycles. The molecule has 5 nitrogen and oxygen atoms in total. The van der Waals surface area contributed by atoms with Crippen LogP contribution in [0.15, 0.2) is 34.7 Å². The van der Waals surface area contributed by atoms with Crippen molar-refractivity contribution in [1.29, 1.82) is 0 Å². The zero-order valence-electron chi connectivity index (χ0n) is 9.13. The lowest BCUT2D eigenvalue weighted by molar-refractivity contribution is 0.497. The standard InChI is InChI=1S/C11H14N4O/c1-2-15(9-6-4-3-5-7-9)11-14-13-10(8-12)16-11/h3-7H,2,8,12H2,1H3. The third-order valence-electron chi connectivity index (χ3n) is 2.25. The minimum absolute atomic E-state index is 0.263. The van der Waals surface area contributed by atoms with Crippen LogP contribution in [0, 0.1) is 0 Å². The molecule has 0 atom stereocenters. The Morgan fingerprint density at radius 1 is 1.25 bits per heavy atom. The van der Waals surface area contributed by atoms with Crippen LogP contribution in [-0.4, -0.2) is 16.7 Å². The lowest BCUT2D eigenvalue weighted by Crippen LogP contribution is -2.16. The van der Waals surface area contributed by atoms with Gasteiger partial charge in [0, 0.05) is 12.2 Å². The molecular formula is C11H14N4O. The number of nitrogens with two attached hydrogens (primary N) is 1. The maximum atomic E-state index is 5.43. The molecule has 1 aromatic carbocycles. The molecular weight excluding hydrogens is 204 g/mol. The summed E-state index contributed by atoms with van der Waals surface area (Å²) < 4.78 is 5.42. The summed E-state index contributed by atoms with van der Waals surface area (Å²) in [5.41, 5.74) is 6.45. The molecule has 0 radical (unpaired) electrons. The second kappa shape index (κ2) is 4.76. The summed E-state index contributed by atoms with van der Waals surface area (Å²) in [7, 11) is 0. The summed E-state index contributed by atoms with van der Waals surface area (Å²) in [6, 6.07) is 10.4. The van der Waals surface area contributed by atoms with Gasteiger partial charge in [0.2, 0.25) is 5.89 Å². The second-order valence-corrected chi connectivity index (χ2v) is 3.26. The predicted molar refractivity (Wildman–Crippen MR) is 61.3 cm³/mol. The maximum absolute atomic E-state index is 5.43. The monoisotopic (exact) mass is 218 g/mol. The van der Waals surface area contributed by atoms with E-state index in [4.69, 9.17) is 10.2 Å². The van der Waals surface area contributed by atoms with Gasteiger partial charge in [0.25, 0.3) is 0 Å². The largest absolute Gasteiger partial charge is 0.406 e. The molecule has 5 heteroatoms. The van der Waals surface area contributed by atoms with Crippen LogP contribution in [0.2, 0.25) is 0 Å². The van der Waals surface area contributed by atoms with E-state index in [0.29, 0.717) is 11.9 Å². The van der Waals surface area contributed by atoms with E-state index in [1.54, 1.807) is 0 Å². The van der Waals surface area contributed by atoms with E-state index < -0.39 is 0 Å². The van der Waals surface area contributed by atoms with Crippen LogP contribution >= 0.6 is 0 Å². The molecule has 0 saturated heterocycles. The minimum Gasteiger partial charge on any atom is -0.406 e. The van der Waals surface area contributed by atoms with Crippen molar-refractivity contribution in [2.75, 3.05) is 11.4 Å². The molecule has 0 aliphatic rings. The van der Waals surface area contributed by atoms with Crippen LogP contribution in [0.25, 0.3) is 0 Å². The van der Waals surface area contributed by atoms with Gasteiger partial charge in [0.1, 0.15) is 0 Å². The smallest absolute Gasteiger partial charge is 0.322 e. The first-order chi connectivity index (χ1) is 7.85. The maximum Gasteiger partial charge on any atom is 0.322 e. The van der Waals surface area contributed by atoms with Gasteiger partial charge in [-0.1, -0.05) is 23.3 Å². The Morgan fingerprint density at radius 3 is 2.56 bits per heavy atom. The number of hydrogen-bond donors (Lipinski definition) is 1. The summed E-state index contributed by atoms with van der Waals surface area (Å²) in [4.78, 5) is 1.94. The quantitative estimate of drug-likeness (QED) is 0.845. The number of benzene rings is 1. The molecule has 0 aliphatic carbocycles. The van der Waals surface area contributed by atoms with Gasteiger partial charge in [-0.3, -0.25) is 4.90 Å². The van der Waals surface area contributed by atoms with Crippen molar-refractivity contribution in [2.24, 2.45) is 5.73 Å². The molecule has 0 spiro atoms. The van der Waals surface area contributed by atoms with E-state index in [-0.39, 0.29) is 6.54 Å². The van der Waals surface area contributed by atoms with Gasteiger partial charge in [-0.05, 0) is 19.1 Å². The van der Waals surface area contributed by atoms with Gasteiger partial charge < -0.3 is 10.2 Å². The SMILES string of the molecule is CCN(c1ccccc1)c1nnc(CN)o1. The molecule has 0 unspecified atom stereocenters. The van der Waals surface area contributed by atoms with Crippen molar-refractivity contribution in [2.45, 2.75) is 13.5 Å². The normalized spacial score (nSPS) is 10.4. The average molecular weight is 218 g/mol. The molecule has 0 amide bonds. The summed E-state index contributed by atoms with van der Waals surface area (Å²) in [6.45, 7) is 3.05. The molecule has 2 rings (SSSR count). The van der Waals surface area contributed by atoms with E-state index in [1.165, 1.54) is 0 Å². The summed E-state index contributed by atoms with van der Waals surface area (Å²) in [6.07, 6.45) is 0. The number of para-hydroxylation sites is 1. The zero-order valence-corrected chi connectivity index (χ0v) is 9.13. The van der Waals surface area contributed by atoms with E-state index in [1.807, 2.05) is 42.2 Å². The topological polar surface area (TPSA) is 68.2 Å². The summed E-state index contributed by atoms with van der Waals surface area (Å²) >= 11 is 0. The lowest BCUT2D eigenvalue weighted by atomic mass is 10.3. The van der Waals surface area contributed by atoms with Crippen LogP contribution < -0.4 is 10.6 Å². The molecule has 2 aromatic rings. The predicted octanol–water partition coefficient (Wildman–Crippen LogP) is 1.69. The highest BCUT2D eigenvalue weighted by Crippen LogP contribution is 2.22. The van der Waals surface area contributed by atoms with E-state index in [9.17, 15) is 0 Å². The van der Waals surface area contributed by atoms with Crippen molar-refractivity contribution in [3.63, 3.8) is 0 Å². The van der Waals surface area contributed by atoms with Crippen LogP contribution in [0.4, 0.5) is 11.7 Å². The Hall–Kier alpha value is -1.88. The van der Waals surface area contributed by atoms with Crippen molar-refractivity contribution in [3.8, 4) is 0 Å². The fourth-order valence-corrected chi connectivity index (χ4v) is 1.47. The zero-order chi connectivity index (χ0) is 11.4. The number of nitrogens with zero attached hydrogens (tertiary/aromatic N) is 3. The van der Waals surface area contributed by atoms with E-state index in [2.05, 4.69) is 10.2 Å². The number of anilines is 2. The van der Waals surface area contributed by atoms with Gasteiger partial charge in [0.05, 0.1) is 6.54 Å². The second-order valence-electron chi connectivity index (χ2n) is 3.26. The molecule has 1 heterocycles. The Morgan fingerprint density at radius 2 is 2.00 bits per heavy atom. The molecule has 0 aliphatic heterocycles. The van der Waals surface area contributed by atoms with Crippen molar-refractivity contribution in [1.82, 2.24) is 10.2 Å². The van der Waals surface area contributed by atoms with Gasteiger partial charge in [0.15, 0.2) is 0 Å². The van der Waals surface area contributed by atoms with Crippen LogP contribution in [-0.2, 0) is 6.54 Å². The Bertz CT molecular complexity index is 440. The van der Waals surface area contributed by atoms with Gasteiger partial charge in [-0.25, -0.2) is 0 Å². The van der Waals surface area contributed by atoms with Crippen molar-refractivity contribution >= 4 is 11.7 Å². The van der Waals surface area contributed by atoms with Crippen molar-refractivity contribution in [3.05, 3.63) is 36.2 Å². The third kappa shape index (κ3) is 2.04. The fourth-order valence-electron chi connectivity index (χ4n) is 1.47. The number of hydrogen-bond acceptors (Lipinski definition) is 5. The van der Waals surface area contributed by atoms with Gasteiger partial charge in [-0.2, -0.15) is 0 Å². The lowest BCUT2D eigenvalue weighted by Gasteiger charge is -2.17. The fraction of sp³-hybridized carbons (Fsp3) is 0.273.